The van der Waals surface area contributed by atoms with E-state index in [9.17, 15) is 0 Å². The summed E-state index contributed by atoms with van der Waals surface area (Å²) in [6, 6.07) is 5.43. The number of hydrogen-bond donors (Lipinski definition) is 2. The Labute approximate surface area is 111 Å². The number of halogens is 1. The lowest BCUT2D eigenvalue weighted by atomic mass is 10.2. The highest BCUT2D eigenvalue weighted by Crippen LogP contribution is 2.27. The topological polar surface area (TPSA) is 58.6 Å². The third-order valence-electron chi connectivity index (χ3n) is 2.28. The van der Waals surface area contributed by atoms with Crippen LogP contribution < -0.4 is 5.73 Å². The van der Waals surface area contributed by atoms with E-state index in [4.69, 9.17) is 22.5 Å². The highest BCUT2D eigenvalue weighted by molar-refractivity contribution is 7.99. The van der Waals surface area contributed by atoms with Crippen LogP contribution in [0, 0.1) is 5.92 Å². The fourth-order valence-corrected chi connectivity index (χ4v) is 2.75. The molecule has 94 valence electrons. The van der Waals surface area contributed by atoms with Crippen LogP contribution in [0.15, 0.2) is 28.3 Å². The van der Waals surface area contributed by atoms with Crippen molar-refractivity contribution >= 4 is 29.2 Å². The Balaban J connectivity index is 2.83. The standard InChI is InChI=1S/C12H17ClN2OS/c1-8(2)5-6-17-11-4-3-9(13)7-10(11)12(14)15-16/h3-4,7-8,16H,5-6H2,1-2H3,(H2,14,15). The van der Waals surface area contributed by atoms with Crippen LogP contribution >= 0.6 is 23.4 Å². The SMILES string of the molecule is CC(C)CCSc1ccc(Cl)cc1/C(N)=N/O. The average molecular weight is 273 g/mol. The number of benzene rings is 1. The largest absolute Gasteiger partial charge is 0.409 e. The molecule has 1 aromatic rings. The Kier molecular flexibility index (Phi) is 5.65. The van der Waals surface area contributed by atoms with Gasteiger partial charge in [-0.2, -0.15) is 0 Å². The van der Waals surface area contributed by atoms with Crippen LogP contribution in [0.1, 0.15) is 25.8 Å². The first kappa shape index (κ1) is 14.2. The van der Waals surface area contributed by atoms with Crippen LogP contribution in [0.5, 0.6) is 0 Å². The lowest BCUT2D eigenvalue weighted by Gasteiger charge is -2.09. The fraction of sp³-hybridized carbons (Fsp3) is 0.417. The van der Waals surface area contributed by atoms with Crippen LogP contribution in [-0.2, 0) is 0 Å². The van der Waals surface area contributed by atoms with Crippen LogP contribution in [0.4, 0.5) is 0 Å². The number of nitrogens with two attached hydrogens (primary N) is 1. The Morgan fingerprint density at radius 2 is 2.24 bits per heavy atom. The summed E-state index contributed by atoms with van der Waals surface area (Å²) in [6.45, 7) is 4.37. The van der Waals surface area contributed by atoms with Gasteiger partial charge in [0.25, 0.3) is 0 Å². The van der Waals surface area contributed by atoms with Crippen molar-refractivity contribution in [1.82, 2.24) is 0 Å². The van der Waals surface area contributed by atoms with Gasteiger partial charge in [-0.15, -0.1) is 11.8 Å². The molecule has 3 N–H and O–H groups in total. The van der Waals surface area contributed by atoms with Crippen LogP contribution in [-0.4, -0.2) is 16.8 Å². The average Bonchev–Trinajstić information content (AvgIpc) is 2.29. The Hall–Kier alpha value is -0.870. The molecule has 5 heteroatoms. The number of oxime groups is 1. The minimum Gasteiger partial charge on any atom is -0.409 e. The number of thioether (sulfide) groups is 1. The number of hydrogen-bond acceptors (Lipinski definition) is 3. The van der Waals surface area contributed by atoms with Crippen molar-refractivity contribution in [2.24, 2.45) is 16.8 Å². The second kappa shape index (κ2) is 6.77. The third-order valence-corrected chi connectivity index (χ3v) is 3.62. The van der Waals surface area contributed by atoms with E-state index in [2.05, 4.69) is 19.0 Å². The molecular formula is C12H17ClN2OS. The molecule has 1 aromatic carbocycles. The first-order valence-electron chi connectivity index (χ1n) is 5.45. The van der Waals surface area contributed by atoms with Gasteiger partial charge in [-0.3, -0.25) is 0 Å². The molecule has 0 heterocycles. The van der Waals surface area contributed by atoms with E-state index < -0.39 is 0 Å². The molecule has 0 spiro atoms. The minimum absolute atomic E-state index is 0.0968. The third kappa shape index (κ3) is 4.48. The lowest BCUT2D eigenvalue weighted by molar-refractivity contribution is 0.318. The summed E-state index contributed by atoms with van der Waals surface area (Å²) in [5, 5.41) is 12.3. The zero-order valence-electron chi connectivity index (χ0n) is 9.98. The first-order chi connectivity index (χ1) is 8.04. The Morgan fingerprint density at radius 3 is 2.82 bits per heavy atom. The van der Waals surface area contributed by atoms with E-state index in [-0.39, 0.29) is 5.84 Å². The summed E-state index contributed by atoms with van der Waals surface area (Å²) in [4.78, 5) is 0.991. The molecule has 0 saturated carbocycles. The monoisotopic (exact) mass is 272 g/mol. The summed E-state index contributed by atoms with van der Waals surface area (Å²) in [5.41, 5.74) is 6.31. The Bertz CT molecular complexity index is 407. The molecule has 0 aliphatic carbocycles. The van der Waals surface area contributed by atoms with Crippen LogP contribution in [0.3, 0.4) is 0 Å². The van der Waals surface area contributed by atoms with Crippen molar-refractivity contribution in [3.63, 3.8) is 0 Å². The molecule has 0 aliphatic rings. The summed E-state index contributed by atoms with van der Waals surface area (Å²) in [7, 11) is 0. The van der Waals surface area contributed by atoms with Crippen molar-refractivity contribution in [3.05, 3.63) is 28.8 Å². The quantitative estimate of drug-likeness (QED) is 0.283. The molecule has 0 fully saturated rings. The molecule has 0 aromatic heterocycles. The van der Waals surface area contributed by atoms with E-state index in [1.807, 2.05) is 12.1 Å². The van der Waals surface area contributed by atoms with Gasteiger partial charge in [0, 0.05) is 15.5 Å². The fourth-order valence-electron chi connectivity index (χ4n) is 1.29. The molecule has 0 amide bonds. The number of rotatable bonds is 5. The second-order valence-corrected chi connectivity index (χ2v) is 5.73. The van der Waals surface area contributed by atoms with E-state index in [1.165, 1.54) is 0 Å². The van der Waals surface area contributed by atoms with E-state index in [1.54, 1.807) is 17.8 Å². The molecule has 17 heavy (non-hydrogen) atoms. The van der Waals surface area contributed by atoms with Crippen molar-refractivity contribution in [3.8, 4) is 0 Å². The van der Waals surface area contributed by atoms with Gasteiger partial charge < -0.3 is 10.9 Å². The van der Waals surface area contributed by atoms with Crippen LogP contribution in [0.25, 0.3) is 0 Å². The van der Waals surface area contributed by atoms with Gasteiger partial charge in [0.1, 0.15) is 0 Å². The summed E-state index contributed by atoms with van der Waals surface area (Å²) >= 11 is 7.60. The van der Waals surface area contributed by atoms with Gasteiger partial charge >= 0.3 is 0 Å². The first-order valence-corrected chi connectivity index (χ1v) is 6.81. The smallest absolute Gasteiger partial charge is 0.171 e. The maximum Gasteiger partial charge on any atom is 0.171 e. The zero-order valence-corrected chi connectivity index (χ0v) is 11.6. The van der Waals surface area contributed by atoms with E-state index in [0.717, 1.165) is 17.1 Å². The van der Waals surface area contributed by atoms with Crippen LogP contribution in [0.2, 0.25) is 5.02 Å². The highest BCUT2D eigenvalue weighted by atomic mass is 35.5. The molecule has 0 saturated heterocycles. The van der Waals surface area contributed by atoms with Crippen molar-refractivity contribution in [2.45, 2.75) is 25.2 Å². The highest BCUT2D eigenvalue weighted by Gasteiger charge is 2.08. The van der Waals surface area contributed by atoms with Gasteiger partial charge in [-0.25, -0.2) is 0 Å². The maximum atomic E-state index is 8.73. The molecule has 3 nitrogen and oxygen atoms in total. The van der Waals surface area contributed by atoms with Crippen molar-refractivity contribution < 1.29 is 5.21 Å². The maximum absolute atomic E-state index is 8.73. The van der Waals surface area contributed by atoms with Gasteiger partial charge in [0.05, 0.1) is 0 Å². The minimum atomic E-state index is 0.0968. The number of nitrogens with zero attached hydrogens (tertiary/aromatic N) is 1. The van der Waals surface area contributed by atoms with Gasteiger partial charge in [-0.05, 0) is 36.3 Å². The molecule has 0 unspecified atom stereocenters. The van der Waals surface area contributed by atoms with E-state index >= 15 is 0 Å². The van der Waals surface area contributed by atoms with E-state index in [0.29, 0.717) is 16.5 Å². The zero-order chi connectivity index (χ0) is 12.8. The second-order valence-electron chi connectivity index (χ2n) is 4.16. The molecule has 1 rings (SSSR count). The number of amidine groups is 1. The summed E-state index contributed by atoms with van der Waals surface area (Å²) in [5.74, 6) is 1.77. The van der Waals surface area contributed by atoms with Crippen molar-refractivity contribution in [2.75, 3.05) is 5.75 Å². The summed E-state index contributed by atoms with van der Waals surface area (Å²) < 4.78 is 0. The predicted molar refractivity (Wildman–Crippen MR) is 74.1 cm³/mol. The molecular weight excluding hydrogens is 256 g/mol. The van der Waals surface area contributed by atoms with Gasteiger partial charge in [0.2, 0.25) is 0 Å². The van der Waals surface area contributed by atoms with Gasteiger partial charge in [0.15, 0.2) is 5.84 Å². The van der Waals surface area contributed by atoms with Crippen molar-refractivity contribution in [1.29, 1.82) is 0 Å². The molecule has 0 radical (unpaired) electrons. The molecule has 0 bridgehead atoms. The Morgan fingerprint density at radius 1 is 1.53 bits per heavy atom. The predicted octanol–water partition coefficient (Wildman–Crippen LogP) is 3.57. The van der Waals surface area contributed by atoms with Gasteiger partial charge in [-0.1, -0.05) is 30.6 Å². The lowest BCUT2D eigenvalue weighted by Crippen LogP contribution is -2.14. The normalized spacial score (nSPS) is 12.1. The molecule has 0 aliphatic heterocycles. The summed E-state index contributed by atoms with van der Waals surface area (Å²) in [6.07, 6.45) is 1.13. The molecule has 0 atom stereocenters.